The maximum atomic E-state index is 11.5. The first-order chi connectivity index (χ1) is 11.6. The van der Waals surface area contributed by atoms with E-state index in [4.69, 9.17) is 4.74 Å². The summed E-state index contributed by atoms with van der Waals surface area (Å²) in [7, 11) is 0. The molecule has 0 radical (unpaired) electrons. The Hall–Kier alpha value is -3.07. The van der Waals surface area contributed by atoms with Crippen molar-refractivity contribution in [3.63, 3.8) is 0 Å². The standard InChI is InChI=1S/C15H10BrN5O3/c16-10-3-5-11(6-4-10)20-14-13(21(22)23)15(19-9-18-14)24-12-2-1-7-17-8-12/h1-9H,(H,18,19,20). The molecule has 0 atom stereocenters. The first-order valence-electron chi connectivity index (χ1n) is 6.73. The van der Waals surface area contributed by atoms with Gasteiger partial charge in [0.1, 0.15) is 12.1 Å². The lowest BCUT2D eigenvalue weighted by Crippen LogP contribution is -2.03. The number of anilines is 2. The maximum absolute atomic E-state index is 11.5. The number of nitro groups is 1. The number of nitrogens with one attached hydrogen (secondary N) is 1. The molecule has 3 aromatic rings. The van der Waals surface area contributed by atoms with Gasteiger partial charge >= 0.3 is 11.6 Å². The fourth-order valence-electron chi connectivity index (χ4n) is 1.88. The summed E-state index contributed by atoms with van der Waals surface area (Å²) in [6.07, 6.45) is 4.20. The van der Waals surface area contributed by atoms with Crippen LogP contribution >= 0.6 is 15.9 Å². The largest absolute Gasteiger partial charge is 0.432 e. The molecule has 2 aromatic heterocycles. The Labute approximate surface area is 144 Å². The van der Waals surface area contributed by atoms with Gasteiger partial charge in [-0.15, -0.1) is 0 Å². The fourth-order valence-corrected chi connectivity index (χ4v) is 2.15. The summed E-state index contributed by atoms with van der Waals surface area (Å²) >= 11 is 3.33. The predicted molar refractivity (Wildman–Crippen MR) is 90.4 cm³/mol. The van der Waals surface area contributed by atoms with Gasteiger partial charge in [0.2, 0.25) is 5.82 Å². The molecule has 0 fully saturated rings. The quantitative estimate of drug-likeness (QED) is 0.519. The van der Waals surface area contributed by atoms with Crippen molar-refractivity contribution in [1.82, 2.24) is 15.0 Å². The van der Waals surface area contributed by atoms with Crippen LogP contribution in [0, 0.1) is 10.1 Å². The first kappa shape index (κ1) is 15.8. The van der Waals surface area contributed by atoms with Crippen molar-refractivity contribution >= 4 is 33.1 Å². The summed E-state index contributed by atoms with van der Waals surface area (Å²) in [5.74, 6) is 0.215. The molecule has 0 saturated carbocycles. The van der Waals surface area contributed by atoms with Gasteiger partial charge in [0.25, 0.3) is 0 Å². The van der Waals surface area contributed by atoms with Crippen LogP contribution in [0.1, 0.15) is 0 Å². The maximum Gasteiger partial charge on any atom is 0.373 e. The molecule has 0 aliphatic rings. The lowest BCUT2D eigenvalue weighted by atomic mass is 10.3. The minimum Gasteiger partial charge on any atom is -0.432 e. The molecule has 24 heavy (non-hydrogen) atoms. The summed E-state index contributed by atoms with van der Waals surface area (Å²) in [6, 6.07) is 10.4. The molecular formula is C15H10BrN5O3. The van der Waals surface area contributed by atoms with E-state index in [0.717, 1.165) is 4.47 Å². The van der Waals surface area contributed by atoms with Crippen molar-refractivity contribution in [3.05, 3.63) is 69.7 Å². The smallest absolute Gasteiger partial charge is 0.373 e. The van der Waals surface area contributed by atoms with Crippen LogP contribution in [0.5, 0.6) is 11.6 Å². The minimum atomic E-state index is -0.590. The molecule has 0 unspecified atom stereocenters. The van der Waals surface area contributed by atoms with E-state index >= 15 is 0 Å². The van der Waals surface area contributed by atoms with E-state index in [9.17, 15) is 10.1 Å². The second kappa shape index (κ2) is 7.01. The van der Waals surface area contributed by atoms with E-state index in [1.54, 1.807) is 30.5 Å². The van der Waals surface area contributed by atoms with Crippen molar-refractivity contribution in [2.24, 2.45) is 0 Å². The topological polar surface area (TPSA) is 103 Å². The fraction of sp³-hybridized carbons (Fsp3) is 0. The van der Waals surface area contributed by atoms with Gasteiger partial charge in [-0.1, -0.05) is 15.9 Å². The molecule has 1 aromatic carbocycles. The average molecular weight is 388 g/mol. The normalized spacial score (nSPS) is 10.2. The summed E-state index contributed by atoms with van der Waals surface area (Å²) in [5, 5.41) is 14.4. The van der Waals surface area contributed by atoms with E-state index in [-0.39, 0.29) is 17.4 Å². The molecule has 1 N–H and O–H groups in total. The van der Waals surface area contributed by atoms with Crippen molar-refractivity contribution in [2.75, 3.05) is 5.32 Å². The van der Waals surface area contributed by atoms with Gasteiger partial charge in [0.05, 0.1) is 11.1 Å². The zero-order valence-corrected chi connectivity index (χ0v) is 13.7. The Bertz CT molecular complexity index is 859. The monoisotopic (exact) mass is 387 g/mol. The lowest BCUT2D eigenvalue weighted by molar-refractivity contribution is -0.385. The molecule has 0 aliphatic heterocycles. The molecule has 120 valence electrons. The van der Waals surface area contributed by atoms with Gasteiger partial charge in [-0.25, -0.2) is 4.98 Å². The number of hydrogen-bond acceptors (Lipinski definition) is 7. The highest BCUT2D eigenvalue weighted by atomic mass is 79.9. The number of halogens is 1. The van der Waals surface area contributed by atoms with Crippen LogP contribution in [0.3, 0.4) is 0 Å². The zero-order valence-electron chi connectivity index (χ0n) is 12.1. The third kappa shape index (κ3) is 3.63. The van der Waals surface area contributed by atoms with Crippen LogP contribution < -0.4 is 10.1 Å². The van der Waals surface area contributed by atoms with E-state index in [1.165, 1.54) is 12.5 Å². The van der Waals surface area contributed by atoms with Gasteiger partial charge in [0.15, 0.2) is 0 Å². The lowest BCUT2D eigenvalue weighted by Gasteiger charge is -2.09. The molecule has 0 aliphatic carbocycles. The van der Waals surface area contributed by atoms with Crippen molar-refractivity contribution in [2.45, 2.75) is 0 Å². The second-order valence-corrected chi connectivity index (χ2v) is 5.47. The molecule has 0 bridgehead atoms. The molecule has 0 amide bonds. The van der Waals surface area contributed by atoms with Crippen LogP contribution in [-0.4, -0.2) is 19.9 Å². The average Bonchev–Trinajstić information content (AvgIpc) is 2.58. The van der Waals surface area contributed by atoms with Crippen LogP contribution in [0.15, 0.2) is 59.6 Å². The summed E-state index contributed by atoms with van der Waals surface area (Å²) in [4.78, 5) is 22.6. The van der Waals surface area contributed by atoms with Gasteiger partial charge in [-0.3, -0.25) is 15.1 Å². The zero-order chi connectivity index (χ0) is 16.9. The Morgan fingerprint density at radius 1 is 1.17 bits per heavy atom. The SMILES string of the molecule is O=[N+]([O-])c1c(Nc2ccc(Br)cc2)ncnc1Oc1cccnc1. The number of rotatable bonds is 5. The second-order valence-electron chi connectivity index (χ2n) is 4.56. The van der Waals surface area contributed by atoms with Gasteiger partial charge in [0, 0.05) is 16.4 Å². The van der Waals surface area contributed by atoms with Crippen molar-refractivity contribution in [1.29, 1.82) is 0 Å². The van der Waals surface area contributed by atoms with E-state index < -0.39 is 4.92 Å². The summed E-state index contributed by atoms with van der Waals surface area (Å²) < 4.78 is 6.36. The van der Waals surface area contributed by atoms with Crippen LogP contribution in [0.25, 0.3) is 0 Å². The molecule has 0 saturated heterocycles. The summed E-state index contributed by atoms with van der Waals surface area (Å²) in [5.41, 5.74) is 0.289. The highest BCUT2D eigenvalue weighted by molar-refractivity contribution is 9.10. The Morgan fingerprint density at radius 2 is 1.96 bits per heavy atom. The van der Waals surface area contributed by atoms with Crippen LogP contribution in [0.2, 0.25) is 0 Å². The number of pyridine rings is 1. The number of aromatic nitrogens is 3. The predicted octanol–water partition coefficient (Wildman–Crippen LogP) is 4.08. The highest BCUT2D eigenvalue weighted by Gasteiger charge is 2.25. The Morgan fingerprint density at radius 3 is 2.62 bits per heavy atom. The summed E-state index contributed by atoms with van der Waals surface area (Å²) in [6.45, 7) is 0. The number of ether oxygens (including phenoxy) is 1. The van der Waals surface area contributed by atoms with Gasteiger partial charge < -0.3 is 10.1 Å². The number of nitrogens with zero attached hydrogens (tertiary/aromatic N) is 4. The van der Waals surface area contributed by atoms with E-state index in [1.807, 2.05) is 12.1 Å². The van der Waals surface area contributed by atoms with E-state index in [2.05, 4.69) is 36.2 Å². The third-order valence-corrected chi connectivity index (χ3v) is 3.46. The van der Waals surface area contributed by atoms with Gasteiger partial charge in [-0.05, 0) is 36.4 Å². The molecule has 9 heteroatoms. The Balaban J connectivity index is 1.96. The van der Waals surface area contributed by atoms with E-state index in [0.29, 0.717) is 11.4 Å². The molecule has 0 spiro atoms. The van der Waals surface area contributed by atoms with Crippen LogP contribution in [-0.2, 0) is 0 Å². The number of hydrogen-bond donors (Lipinski definition) is 1. The first-order valence-corrected chi connectivity index (χ1v) is 7.52. The minimum absolute atomic E-state index is 0.0382. The molecule has 3 rings (SSSR count). The number of benzene rings is 1. The molecular weight excluding hydrogens is 378 g/mol. The van der Waals surface area contributed by atoms with Crippen molar-refractivity contribution in [3.8, 4) is 11.6 Å². The van der Waals surface area contributed by atoms with Crippen molar-refractivity contribution < 1.29 is 9.66 Å². The van der Waals surface area contributed by atoms with Gasteiger partial charge in [-0.2, -0.15) is 4.98 Å². The van der Waals surface area contributed by atoms with Crippen LogP contribution in [0.4, 0.5) is 17.2 Å². The molecule has 2 heterocycles. The Kier molecular flexibility index (Phi) is 4.62. The molecule has 8 nitrogen and oxygen atoms in total. The highest BCUT2D eigenvalue weighted by Crippen LogP contribution is 2.35. The third-order valence-electron chi connectivity index (χ3n) is 2.93.